The molecule has 1 N–H and O–H groups in total. The summed E-state index contributed by atoms with van der Waals surface area (Å²) in [5, 5.41) is 12.9. The molecule has 2 amide bonds. The van der Waals surface area contributed by atoms with Crippen LogP contribution in [0.2, 0.25) is 0 Å². The molecule has 0 unspecified atom stereocenters. The Bertz CT molecular complexity index is 362. The Balaban J connectivity index is 1.99. The molecule has 2 saturated heterocycles. The van der Waals surface area contributed by atoms with Gasteiger partial charge in [0.2, 0.25) is 0 Å². The highest BCUT2D eigenvalue weighted by Gasteiger charge is 2.41. The minimum absolute atomic E-state index is 0.0480. The average molecular weight is 265 g/mol. The third-order valence-corrected chi connectivity index (χ3v) is 4.17. The lowest BCUT2D eigenvalue weighted by Crippen LogP contribution is -2.60. The monoisotopic (exact) mass is 265 g/mol. The smallest absolute Gasteiger partial charge is 0.319 e. The summed E-state index contributed by atoms with van der Waals surface area (Å²) >= 11 is 0. The van der Waals surface area contributed by atoms with Crippen LogP contribution in [0.4, 0.5) is 4.79 Å². The second kappa shape index (κ2) is 5.76. The fourth-order valence-electron chi connectivity index (χ4n) is 2.94. The van der Waals surface area contributed by atoms with Gasteiger partial charge in [-0.1, -0.05) is 0 Å². The van der Waals surface area contributed by atoms with Crippen molar-refractivity contribution in [2.45, 2.75) is 18.4 Å². The number of nitrogens with zero attached hydrogens (tertiary/aromatic N) is 4. The van der Waals surface area contributed by atoms with Gasteiger partial charge in [-0.15, -0.1) is 0 Å². The van der Waals surface area contributed by atoms with Crippen molar-refractivity contribution in [2.75, 3.05) is 53.4 Å². The number of nitrogens with one attached hydrogen (secondary N) is 1. The molecule has 2 aliphatic heterocycles. The number of likely N-dealkylation sites (tertiary alicyclic amines) is 1. The second-order valence-corrected chi connectivity index (χ2v) is 5.54. The van der Waals surface area contributed by atoms with Crippen molar-refractivity contribution in [1.82, 2.24) is 20.0 Å². The van der Waals surface area contributed by atoms with Crippen LogP contribution in [0, 0.1) is 11.3 Å². The molecule has 0 radical (unpaired) electrons. The molecule has 0 atom stereocenters. The van der Waals surface area contributed by atoms with E-state index in [1.807, 2.05) is 4.90 Å². The lowest BCUT2D eigenvalue weighted by molar-refractivity contribution is 0.0570. The summed E-state index contributed by atoms with van der Waals surface area (Å²) in [5.41, 5.74) is -0.370. The van der Waals surface area contributed by atoms with Crippen LogP contribution in [-0.2, 0) is 0 Å². The van der Waals surface area contributed by atoms with Gasteiger partial charge in [-0.2, -0.15) is 5.26 Å². The molecule has 0 bridgehead atoms. The van der Waals surface area contributed by atoms with Gasteiger partial charge in [-0.3, -0.25) is 4.90 Å². The maximum Gasteiger partial charge on any atom is 0.319 e. The standard InChI is InChI=1S/C13H23N5O/c1-16(2)12(19)17-7-3-13(11-14,4-8-17)18-9-5-15-6-10-18/h15H,3-10H2,1-2H3. The summed E-state index contributed by atoms with van der Waals surface area (Å²) in [5.74, 6) is 0. The first-order valence-corrected chi connectivity index (χ1v) is 6.92. The van der Waals surface area contributed by atoms with Crippen molar-refractivity contribution in [1.29, 1.82) is 5.26 Å². The van der Waals surface area contributed by atoms with E-state index in [0.717, 1.165) is 39.0 Å². The average Bonchev–Trinajstić information content (AvgIpc) is 2.47. The van der Waals surface area contributed by atoms with E-state index in [1.165, 1.54) is 0 Å². The van der Waals surface area contributed by atoms with Crippen LogP contribution < -0.4 is 5.32 Å². The molecule has 0 aromatic rings. The number of carbonyl (C=O) groups is 1. The first kappa shape index (κ1) is 14.1. The van der Waals surface area contributed by atoms with Gasteiger partial charge in [0.05, 0.1) is 6.07 Å². The zero-order chi connectivity index (χ0) is 13.9. The molecule has 6 heteroatoms. The molecule has 0 aromatic carbocycles. The van der Waals surface area contributed by atoms with Crippen LogP contribution in [-0.4, -0.2) is 79.6 Å². The minimum Gasteiger partial charge on any atom is -0.331 e. The summed E-state index contributed by atoms with van der Waals surface area (Å²) in [7, 11) is 3.54. The summed E-state index contributed by atoms with van der Waals surface area (Å²) in [6, 6.07) is 2.57. The SMILES string of the molecule is CN(C)C(=O)N1CCC(C#N)(N2CCNCC2)CC1. The summed E-state index contributed by atoms with van der Waals surface area (Å²) in [6.07, 6.45) is 1.51. The highest BCUT2D eigenvalue weighted by molar-refractivity contribution is 5.74. The third-order valence-electron chi connectivity index (χ3n) is 4.17. The first-order valence-electron chi connectivity index (χ1n) is 6.92. The summed E-state index contributed by atoms with van der Waals surface area (Å²) in [4.78, 5) is 17.7. The van der Waals surface area contributed by atoms with E-state index in [0.29, 0.717) is 13.1 Å². The van der Waals surface area contributed by atoms with Crippen molar-refractivity contribution in [3.63, 3.8) is 0 Å². The van der Waals surface area contributed by atoms with Gasteiger partial charge in [0.15, 0.2) is 0 Å². The van der Waals surface area contributed by atoms with Gasteiger partial charge in [-0.05, 0) is 12.8 Å². The topological polar surface area (TPSA) is 62.6 Å². The Morgan fingerprint density at radius 2 is 1.79 bits per heavy atom. The number of amides is 2. The first-order chi connectivity index (χ1) is 9.09. The number of piperidine rings is 1. The minimum atomic E-state index is -0.370. The zero-order valence-electron chi connectivity index (χ0n) is 11.9. The predicted molar refractivity (Wildman–Crippen MR) is 72.7 cm³/mol. The Labute approximate surface area is 114 Å². The van der Waals surface area contributed by atoms with E-state index >= 15 is 0 Å². The van der Waals surface area contributed by atoms with E-state index in [-0.39, 0.29) is 11.6 Å². The Kier molecular flexibility index (Phi) is 4.27. The fraction of sp³-hybridized carbons (Fsp3) is 0.846. The van der Waals surface area contributed by atoms with Crippen LogP contribution in [0.3, 0.4) is 0 Å². The Morgan fingerprint density at radius 3 is 2.26 bits per heavy atom. The molecule has 0 aliphatic carbocycles. The number of hydrogen-bond donors (Lipinski definition) is 1. The lowest BCUT2D eigenvalue weighted by Gasteiger charge is -2.46. The highest BCUT2D eigenvalue weighted by Crippen LogP contribution is 2.29. The molecule has 2 heterocycles. The van der Waals surface area contributed by atoms with Gasteiger partial charge < -0.3 is 15.1 Å². The molecule has 6 nitrogen and oxygen atoms in total. The van der Waals surface area contributed by atoms with Crippen molar-refractivity contribution in [3.8, 4) is 6.07 Å². The number of carbonyl (C=O) groups excluding carboxylic acids is 1. The highest BCUT2D eigenvalue weighted by atomic mass is 16.2. The molecular weight excluding hydrogens is 242 g/mol. The van der Waals surface area contributed by atoms with Crippen LogP contribution in [0.5, 0.6) is 0 Å². The van der Waals surface area contributed by atoms with Gasteiger partial charge >= 0.3 is 6.03 Å². The molecule has 106 valence electrons. The van der Waals surface area contributed by atoms with E-state index in [9.17, 15) is 10.1 Å². The van der Waals surface area contributed by atoms with E-state index in [1.54, 1.807) is 19.0 Å². The predicted octanol–water partition coefficient (Wildman–Crippen LogP) is -0.0686. The molecule has 0 spiro atoms. The lowest BCUT2D eigenvalue weighted by atomic mass is 9.86. The molecule has 0 aromatic heterocycles. The van der Waals surface area contributed by atoms with Crippen molar-refractivity contribution < 1.29 is 4.79 Å². The van der Waals surface area contributed by atoms with E-state index < -0.39 is 0 Å². The molecule has 2 aliphatic rings. The van der Waals surface area contributed by atoms with Crippen molar-refractivity contribution >= 4 is 6.03 Å². The molecule has 19 heavy (non-hydrogen) atoms. The van der Waals surface area contributed by atoms with Crippen molar-refractivity contribution in [2.24, 2.45) is 0 Å². The zero-order valence-corrected chi connectivity index (χ0v) is 11.9. The van der Waals surface area contributed by atoms with E-state index in [4.69, 9.17) is 0 Å². The van der Waals surface area contributed by atoms with Crippen LogP contribution in [0.25, 0.3) is 0 Å². The number of urea groups is 1. The normalized spacial score (nSPS) is 23.7. The Hall–Kier alpha value is -1.32. The van der Waals surface area contributed by atoms with Crippen LogP contribution in [0.1, 0.15) is 12.8 Å². The van der Waals surface area contributed by atoms with Crippen molar-refractivity contribution in [3.05, 3.63) is 0 Å². The van der Waals surface area contributed by atoms with Crippen LogP contribution in [0.15, 0.2) is 0 Å². The summed E-state index contributed by atoms with van der Waals surface area (Å²) in [6.45, 7) is 5.10. The molecule has 0 saturated carbocycles. The van der Waals surface area contributed by atoms with Crippen LogP contribution >= 0.6 is 0 Å². The largest absolute Gasteiger partial charge is 0.331 e. The quantitative estimate of drug-likeness (QED) is 0.721. The molecule has 2 rings (SSSR count). The third kappa shape index (κ3) is 2.82. The number of piperazine rings is 1. The number of nitriles is 1. The van der Waals surface area contributed by atoms with Gasteiger partial charge in [0, 0.05) is 53.4 Å². The Morgan fingerprint density at radius 1 is 1.21 bits per heavy atom. The van der Waals surface area contributed by atoms with Gasteiger partial charge in [0.1, 0.15) is 5.54 Å². The van der Waals surface area contributed by atoms with Gasteiger partial charge in [0.25, 0.3) is 0 Å². The summed E-state index contributed by atoms with van der Waals surface area (Å²) < 4.78 is 0. The fourth-order valence-corrected chi connectivity index (χ4v) is 2.94. The maximum atomic E-state index is 11.9. The second-order valence-electron chi connectivity index (χ2n) is 5.54. The number of rotatable bonds is 1. The van der Waals surface area contributed by atoms with Gasteiger partial charge in [-0.25, -0.2) is 4.79 Å². The molecule has 2 fully saturated rings. The van der Waals surface area contributed by atoms with E-state index in [2.05, 4.69) is 16.3 Å². The maximum absolute atomic E-state index is 11.9. The molecular formula is C13H23N5O. The number of hydrogen-bond acceptors (Lipinski definition) is 4.